The van der Waals surface area contributed by atoms with E-state index in [0.29, 0.717) is 37.6 Å². The summed E-state index contributed by atoms with van der Waals surface area (Å²) >= 11 is 0. The summed E-state index contributed by atoms with van der Waals surface area (Å²) in [6.07, 6.45) is 3.04. The van der Waals surface area contributed by atoms with Gasteiger partial charge in [-0.05, 0) is 60.7 Å². The van der Waals surface area contributed by atoms with E-state index < -0.39 is 28.8 Å². The van der Waals surface area contributed by atoms with Crippen LogP contribution in [0.2, 0.25) is 0 Å². The third kappa shape index (κ3) is 2.81. The molecule has 2 saturated heterocycles. The van der Waals surface area contributed by atoms with Gasteiger partial charge in [-0.3, -0.25) is 9.59 Å². The summed E-state index contributed by atoms with van der Waals surface area (Å²) in [5.41, 5.74) is -0.897. The number of ketones is 2. The largest absolute Gasteiger partial charge is 0.393 e. The quantitative estimate of drug-likeness (QED) is 0.577. The summed E-state index contributed by atoms with van der Waals surface area (Å²) in [5.74, 6) is 0.802. The molecule has 6 rings (SSSR count). The Bertz CT molecular complexity index is 863. The lowest BCUT2D eigenvalue weighted by Gasteiger charge is -2.61. The summed E-state index contributed by atoms with van der Waals surface area (Å²) in [5, 5.41) is 21.4. The van der Waals surface area contributed by atoms with Crippen LogP contribution in [0.25, 0.3) is 0 Å². The molecule has 1 unspecified atom stereocenters. The molecule has 2 N–H and O–H groups in total. The molecule has 33 heavy (non-hydrogen) atoms. The van der Waals surface area contributed by atoms with Gasteiger partial charge in [0.25, 0.3) is 0 Å². The Balaban J connectivity index is 1.33. The molecule has 4 saturated carbocycles. The lowest BCUT2D eigenvalue weighted by molar-refractivity contribution is -0.272. The minimum atomic E-state index is -0.978. The number of aliphatic hydroxyl groups is 2. The van der Waals surface area contributed by atoms with Crippen molar-refractivity contribution < 1.29 is 29.3 Å². The average Bonchev–Trinajstić information content (AvgIpc) is 3.20. The fraction of sp³-hybridized carbons (Fsp3) is 0.926. The predicted octanol–water partition coefficient (Wildman–Crippen LogP) is 3.12. The van der Waals surface area contributed by atoms with Crippen LogP contribution < -0.4 is 0 Å². The number of carbonyl (C=O) groups excluding carboxylic acids is 2. The molecular formula is C27H40O6. The van der Waals surface area contributed by atoms with Crippen molar-refractivity contribution in [3.05, 3.63) is 0 Å². The normalized spacial score (nSPS) is 60.3. The van der Waals surface area contributed by atoms with E-state index in [9.17, 15) is 19.8 Å². The highest BCUT2D eigenvalue weighted by Gasteiger charge is 2.72. The molecule has 0 aromatic heterocycles. The van der Waals surface area contributed by atoms with E-state index in [1.165, 1.54) is 0 Å². The maximum atomic E-state index is 14.0. The van der Waals surface area contributed by atoms with E-state index in [-0.39, 0.29) is 53.8 Å². The second-order valence-corrected chi connectivity index (χ2v) is 13.1. The van der Waals surface area contributed by atoms with Gasteiger partial charge in [-0.25, -0.2) is 0 Å². The number of Topliss-reactive ketones (excluding diaryl/α,β-unsaturated/α-hetero) is 2. The Morgan fingerprint density at radius 2 is 1.76 bits per heavy atom. The minimum Gasteiger partial charge on any atom is -0.393 e. The molecule has 0 amide bonds. The van der Waals surface area contributed by atoms with Gasteiger partial charge in [-0.15, -0.1) is 0 Å². The van der Waals surface area contributed by atoms with Crippen LogP contribution in [0.15, 0.2) is 0 Å². The molecular weight excluding hydrogens is 420 g/mol. The summed E-state index contributed by atoms with van der Waals surface area (Å²) in [7, 11) is 0. The summed E-state index contributed by atoms with van der Waals surface area (Å²) in [6.45, 7) is 9.42. The van der Waals surface area contributed by atoms with Crippen molar-refractivity contribution in [1.82, 2.24) is 0 Å². The third-order valence-corrected chi connectivity index (χ3v) is 11.6. The molecule has 0 radical (unpaired) electrons. The lowest BCUT2D eigenvalue weighted by atomic mass is 9.43. The van der Waals surface area contributed by atoms with Gasteiger partial charge in [0.1, 0.15) is 11.9 Å². The standard InChI is InChI=1S/C27H40O6/c1-13-5-6-27(32-12-13)14(2)24-22(33-27)9-17-15-7-19(28)18-8-20(29)21(30)11-25(18,3)16(15)10-23(31)26(17,24)4/h13-20,22,24,28-29H,5-12H2,1-4H3/t13-,14+,15-,16+,17+,18?,19-,20-,22+,24+,25-,26-,27-/m1/s1. The average molecular weight is 461 g/mol. The smallest absolute Gasteiger partial charge is 0.171 e. The van der Waals surface area contributed by atoms with E-state index in [2.05, 4.69) is 27.7 Å². The van der Waals surface area contributed by atoms with Crippen LogP contribution in [0.3, 0.4) is 0 Å². The Morgan fingerprint density at radius 1 is 1.00 bits per heavy atom. The van der Waals surface area contributed by atoms with E-state index in [1.807, 2.05) is 0 Å². The van der Waals surface area contributed by atoms with Crippen molar-refractivity contribution in [2.24, 2.45) is 52.3 Å². The zero-order valence-electron chi connectivity index (χ0n) is 20.5. The van der Waals surface area contributed by atoms with Crippen LogP contribution in [-0.2, 0) is 19.1 Å². The first-order valence-corrected chi connectivity index (χ1v) is 13.2. The van der Waals surface area contributed by atoms with Crippen LogP contribution in [-0.4, -0.2) is 52.5 Å². The van der Waals surface area contributed by atoms with Crippen molar-refractivity contribution in [3.63, 3.8) is 0 Å². The van der Waals surface area contributed by atoms with Crippen molar-refractivity contribution >= 4 is 11.6 Å². The highest BCUT2D eigenvalue weighted by atomic mass is 16.7. The minimum absolute atomic E-state index is 0.0172. The van der Waals surface area contributed by atoms with Crippen LogP contribution >= 0.6 is 0 Å². The van der Waals surface area contributed by atoms with Crippen LogP contribution in [0.5, 0.6) is 0 Å². The topological polar surface area (TPSA) is 93.1 Å². The van der Waals surface area contributed by atoms with E-state index >= 15 is 0 Å². The number of fused-ring (bicyclic) bond motifs is 7. The first-order valence-electron chi connectivity index (χ1n) is 13.2. The summed E-state index contributed by atoms with van der Waals surface area (Å²) in [6, 6.07) is 0. The molecule has 13 atom stereocenters. The maximum Gasteiger partial charge on any atom is 0.171 e. The highest BCUT2D eigenvalue weighted by molar-refractivity contribution is 5.88. The number of aliphatic hydroxyl groups excluding tert-OH is 2. The zero-order chi connectivity index (χ0) is 23.5. The number of rotatable bonds is 0. The fourth-order valence-corrected chi connectivity index (χ4v) is 9.84. The second-order valence-electron chi connectivity index (χ2n) is 13.1. The third-order valence-electron chi connectivity index (χ3n) is 11.6. The van der Waals surface area contributed by atoms with E-state index in [0.717, 1.165) is 19.3 Å². The monoisotopic (exact) mass is 460 g/mol. The van der Waals surface area contributed by atoms with E-state index in [1.54, 1.807) is 0 Å². The number of hydrogen-bond donors (Lipinski definition) is 2. The van der Waals surface area contributed by atoms with Crippen molar-refractivity contribution in [2.75, 3.05) is 6.61 Å². The van der Waals surface area contributed by atoms with Gasteiger partial charge in [0.2, 0.25) is 0 Å². The molecule has 6 nitrogen and oxygen atoms in total. The van der Waals surface area contributed by atoms with Gasteiger partial charge in [0.05, 0.1) is 18.8 Å². The van der Waals surface area contributed by atoms with Crippen LogP contribution in [0.1, 0.15) is 72.6 Å². The van der Waals surface area contributed by atoms with Gasteiger partial charge in [0, 0.05) is 36.5 Å². The Kier molecular flexibility index (Phi) is 4.88. The molecule has 2 aliphatic heterocycles. The molecule has 0 aromatic rings. The summed E-state index contributed by atoms with van der Waals surface area (Å²) < 4.78 is 13.1. The molecule has 6 heteroatoms. The Hall–Kier alpha value is -0.820. The van der Waals surface area contributed by atoms with Crippen LogP contribution in [0.4, 0.5) is 0 Å². The zero-order valence-corrected chi connectivity index (χ0v) is 20.5. The SMILES string of the molecule is C[C@@H]1CC[C@@]2(OC1)O[C@H]1C[C@H]3[C@@H]4C[C@@H](O)C5C[C@@H](O)C(=O)C[C@]5(C)[C@H]4CC(=O)[C@]3(C)[C@H]1[C@@H]2C. The first-order chi connectivity index (χ1) is 15.5. The predicted molar refractivity (Wildman–Crippen MR) is 120 cm³/mol. The molecule has 0 bridgehead atoms. The Morgan fingerprint density at radius 3 is 2.45 bits per heavy atom. The van der Waals surface area contributed by atoms with Crippen LogP contribution in [0, 0.1) is 52.3 Å². The van der Waals surface area contributed by atoms with Crippen molar-refractivity contribution in [1.29, 1.82) is 0 Å². The fourth-order valence-electron chi connectivity index (χ4n) is 9.84. The number of ether oxygens (including phenoxy) is 2. The Labute approximate surface area is 196 Å². The highest BCUT2D eigenvalue weighted by Crippen LogP contribution is 2.70. The van der Waals surface area contributed by atoms with Gasteiger partial charge >= 0.3 is 0 Å². The first kappa shape index (κ1) is 22.6. The molecule has 4 aliphatic carbocycles. The molecule has 6 aliphatic rings. The maximum absolute atomic E-state index is 14.0. The molecule has 2 heterocycles. The van der Waals surface area contributed by atoms with Gasteiger partial charge < -0.3 is 19.7 Å². The summed E-state index contributed by atoms with van der Waals surface area (Å²) in [4.78, 5) is 26.6. The second kappa shape index (κ2) is 7.11. The van der Waals surface area contributed by atoms with Gasteiger partial charge in [-0.1, -0.05) is 27.7 Å². The molecule has 184 valence electrons. The van der Waals surface area contributed by atoms with Crippen molar-refractivity contribution in [3.8, 4) is 0 Å². The van der Waals surface area contributed by atoms with Crippen molar-refractivity contribution in [2.45, 2.75) is 96.7 Å². The molecule has 1 spiro atoms. The number of hydrogen-bond acceptors (Lipinski definition) is 6. The number of carbonyl (C=O) groups is 2. The van der Waals surface area contributed by atoms with Gasteiger partial charge in [-0.2, -0.15) is 0 Å². The lowest BCUT2D eigenvalue weighted by Crippen LogP contribution is -2.62. The van der Waals surface area contributed by atoms with E-state index in [4.69, 9.17) is 9.47 Å². The molecule has 6 fully saturated rings. The molecule has 0 aromatic carbocycles. The van der Waals surface area contributed by atoms with Gasteiger partial charge in [0.15, 0.2) is 11.6 Å².